The van der Waals surface area contributed by atoms with Crippen molar-refractivity contribution in [2.75, 3.05) is 0 Å². The van der Waals surface area contributed by atoms with E-state index in [4.69, 9.17) is 0 Å². The normalized spacial score (nSPS) is 37.4. The van der Waals surface area contributed by atoms with Crippen LogP contribution in [0.25, 0.3) is 0 Å². The second-order valence-electron chi connectivity index (χ2n) is 9.36. The van der Waals surface area contributed by atoms with Gasteiger partial charge in [0.1, 0.15) is 0 Å². The van der Waals surface area contributed by atoms with Gasteiger partial charge in [0.05, 0.1) is 0 Å². The molecule has 22 heavy (non-hydrogen) atoms. The van der Waals surface area contributed by atoms with Crippen LogP contribution >= 0.6 is 0 Å². The highest BCUT2D eigenvalue weighted by molar-refractivity contribution is 4.78. The largest absolute Gasteiger partial charge is 0.0596 e. The van der Waals surface area contributed by atoms with Crippen LogP contribution in [0.1, 0.15) is 129 Å². The molecule has 0 saturated heterocycles. The second-order valence-corrected chi connectivity index (χ2v) is 9.36. The molecule has 0 aromatic heterocycles. The Labute approximate surface area is 140 Å². The lowest BCUT2D eigenvalue weighted by atomic mass is 9.73. The van der Waals surface area contributed by atoms with E-state index in [0.29, 0.717) is 10.8 Å². The number of hydrogen-bond acceptors (Lipinski definition) is 0. The first-order valence-electron chi connectivity index (χ1n) is 10.6. The lowest BCUT2D eigenvalue weighted by molar-refractivity contribution is 0.195. The first kappa shape index (κ1) is 18.3. The van der Waals surface area contributed by atoms with Gasteiger partial charge in [0, 0.05) is 0 Å². The number of hydrogen-bond donors (Lipinski definition) is 0. The Morgan fingerprint density at radius 2 is 0.500 bits per heavy atom. The van der Waals surface area contributed by atoms with Crippen molar-refractivity contribution >= 4 is 0 Å². The van der Waals surface area contributed by atoms with E-state index in [0.717, 1.165) is 0 Å². The third-order valence-corrected chi connectivity index (χ3v) is 6.93. The molecule has 0 aromatic rings. The minimum atomic E-state index is 0.669. The maximum absolute atomic E-state index is 2.61. The summed E-state index contributed by atoms with van der Waals surface area (Å²) in [5, 5.41) is 0. The van der Waals surface area contributed by atoms with Crippen molar-refractivity contribution in [1.29, 1.82) is 0 Å². The zero-order valence-corrected chi connectivity index (χ0v) is 15.7. The summed E-state index contributed by atoms with van der Waals surface area (Å²) >= 11 is 0. The average molecular weight is 307 g/mol. The van der Waals surface area contributed by atoms with Gasteiger partial charge in [0.25, 0.3) is 0 Å². The summed E-state index contributed by atoms with van der Waals surface area (Å²) in [6.07, 6.45) is 26.9. The first-order valence-corrected chi connectivity index (χ1v) is 10.6. The van der Waals surface area contributed by atoms with Crippen molar-refractivity contribution in [2.24, 2.45) is 10.8 Å². The minimum Gasteiger partial charge on any atom is -0.0596 e. The van der Waals surface area contributed by atoms with E-state index in [9.17, 15) is 0 Å². The molecule has 2 bridgehead atoms. The molecule has 0 unspecified atom stereocenters. The molecule has 3 aliphatic rings. The molecule has 0 spiro atoms. The van der Waals surface area contributed by atoms with E-state index in [1.54, 1.807) is 0 Å². The van der Waals surface area contributed by atoms with Gasteiger partial charge in [-0.25, -0.2) is 0 Å². The molecule has 0 aliphatic heterocycles. The van der Waals surface area contributed by atoms with E-state index in [2.05, 4.69) is 13.8 Å². The highest BCUT2D eigenvalue weighted by Crippen LogP contribution is 2.40. The summed E-state index contributed by atoms with van der Waals surface area (Å²) in [6.45, 7) is 5.23. The van der Waals surface area contributed by atoms with Gasteiger partial charge < -0.3 is 0 Å². The molecule has 0 radical (unpaired) electrons. The Morgan fingerprint density at radius 1 is 0.318 bits per heavy atom. The van der Waals surface area contributed by atoms with Gasteiger partial charge in [0.15, 0.2) is 0 Å². The van der Waals surface area contributed by atoms with Crippen molar-refractivity contribution in [3.05, 3.63) is 0 Å². The molecule has 3 aliphatic carbocycles. The Hall–Kier alpha value is 0. The van der Waals surface area contributed by atoms with Gasteiger partial charge >= 0.3 is 0 Å². The van der Waals surface area contributed by atoms with Gasteiger partial charge in [-0.3, -0.25) is 0 Å². The zero-order valence-electron chi connectivity index (χ0n) is 15.7. The third kappa shape index (κ3) is 6.63. The standard InChI is InChI=1S/C22H42/c1-21-15-9-3-6-12-18-22(2,19-13-7-4-10-16-21)20-14-8-5-11-17-21/h3-20H2,1-2H3. The van der Waals surface area contributed by atoms with Gasteiger partial charge in [-0.2, -0.15) is 0 Å². The SMILES string of the molecule is CC12CCCCCCC(C)(CCCCCC1)CCCCCC2. The Balaban J connectivity index is 2.03. The maximum Gasteiger partial charge on any atom is -0.0326 e. The van der Waals surface area contributed by atoms with Gasteiger partial charge in [-0.15, -0.1) is 0 Å². The minimum absolute atomic E-state index is 0.669. The summed E-state index contributed by atoms with van der Waals surface area (Å²) in [5.41, 5.74) is 1.34. The Kier molecular flexibility index (Phi) is 7.78. The fourth-order valence-electron chi connectivity index (χ4n) is 5.12. The number of rotatable bonds is 0. The highest BCUT2D eigenvalue weighted by atomic mass is 14.3. The molecule has 0 aromatic carbocycles. The van der Waals surface area contributed by atoms with Crippen molar-refractivity contribution in [1.82, 2.24) is 0 Å². The van der Waals surface area contributed by atoms with Crippen LogP contribution in [-0.4, -0.2) is 0 Å². The third-order valence-electron chi connectivity index (χ3n) is 6.93. The Bertz CT molecular complexity index is 217. The van der Waals surface area contributed by atoms with Crippen LogP contribution in [-0.2, 0) is 0 Å². The average Bonchev–Trinajstić information content (AvgIpc) is 2.49. The van der Waals surface area contributed by atoms with E-state index in [1.165, 1.54) is 116 Å². The molecule has 3 saturated carbocycles. The molecular weight excluding hydrogens is 264 g/mol. The molecule has 0 amide bonds. The molecule has 3 fully saturated rings. The zero-order chi connectivity index (χ0) is 15.7. The van der Waals surface area contributed by atoms with Crippen LogP contribution in [0.4, 0.5) is 0 Å². The molecule has 0 atom stereocenters. The lowest BCUT2D eigenvalue weighted by Gasteiger charge is -2.33. The monoisotopic (exact) mass is 306 g/mol. The van der Waals surface area contributed by atoms with Crippen LogP contribution in [0.2, 0.25) is 0 Å². The molecule has 0 nitrogen and oxygen atoms in total. The molecule has 3 rings (SSSR count). The fourth-order valence-corrected chi connectivity index (χ4v) is 5.12. The van der Waals surface area contributed by atoms with Crippen molar-refractivity contribution in [3.8, 4) is 0 Å². The quantitative estimate of drug-likeness (QED) is 0.424. The van der Waals surface area contributed by atoms with Crippen molar-refractivity contribution in [3.63, 3.8) is 0 Å². The topological polar surface area (TPSA) is 0 Å². The van der Waals surface area contributed by atoms with Crippen molar-refractivity contribution < 1.29 is 0 Å². The Morgan fingerprint density at radius 3 is 0.682 bits per heavy atom. The molecule has 0 N–H and O–H groups in total. The van der Waals surface area contributed by atoms with Crippen LogP contribution in [0.3, 0.4) is 0 Å². The summed E-state index contributed by atoms with van der Waals surface area (Å²) in [4.78, 5) is 0. The molecule has 0 heterocycles. The second kappa shape index (κ2) is 9.33. The van der Waals surface area contributed by atoms with Crippen LogP contribution in [0.15, 0.2) is 0 Å². The summed E-state index contributed by atoms with van der Waals surface area (Å²) in [7, 11) is 0. The van der Waals surface area contributed by atoms with Crippen molar-refractivity contribution in [2.45, 2.75) is 129 Å². The number of fused-ring (bicyclic) bond motifs is 15. The summed E-state index contributed by atoms with van der Waals surface area (Å²) in [6, 6.07) is 0. The fraction of sp³-hybridized carbons (Fsp3) is 1.00. The van der Waals surface area contributed by atoms with Crippen LogP contribution in [0, 0.1) is 10.8 Å². The van der Waals surface area contributed by atoms with Crippen LogP contribution < -0.4 is 0 Å². The summed E-state index contributed by atoms with van der Waals surface area (Å²) in [5.74, 6) is 0. The van der Waals surface area contributed by atoms with E-state index < -0.39 is 0 Å². The molecule has 130 valence electrons. The molecule has 0 heteroatoms. The van der Waals surface area contributed by atoms with E-state index >= 15 is 0 Å². The molecular formula is C22H42. The van der Waals surface area contributed by atoms with E-state index in [1.807, 2.05) is 0 Å². The highest BCUT2D eigenvalue weighted by Gasteiger charge is 2.26. The first-order chi connectivity index (χ1) is 10.6. The van der Waals surface area contributed by atoms with E-state index in [-0.39, 0.29) is 0 Å². The maximum atomic E-state index is 2.61. The van der Waals surface area contributed by atoms with Gasteiger partial charge in [-0.05, 0) is 49.4 Å². The van der Waals surface area contributed by atoms with Crippen LogP contribution in [0.5, 0.6) is 0 Å². The van der Waals surface area contributed by atoms with Gasteiger partial charge in [-0.1, -0.05) is 90.9 Å². The smallest absolute Gasteiger partial charge is 0.0326 e. The lowest BCUT2D eigenvalue weighted by Crippen LogP contribution is -2.19. The van der Waals surface area contributed by atoms with Gasteiger partial charge in [0.2, 0.25) is 0 Å². The summed E-state index contributed by atoms with van der Waals surface area (Å²) < 4.78 is 0. The predicted octanol–water partition coefficient (Wildman–Crippen LogP) is 8.05. The predicted molar refractivity (Wildman–Crippen MR) is 99.3 cm³/mol.